The van der Waals surface area contributed by atoms with Crippen molar-refractivity contribution in [2.24, 2.45) is 11.3 Å². The zero-order valence-electron chi connectivity index (χ0n) is 12.8. The second-order valence-electron chi connectivity index (χ2n) is 6.32. The van der Waals surface area contributed by atoms with Crippen LogP contribution in [0.5, 0.6) is 0 Å². The Bertz CT molecular complexity index is 646. The van der Waals surface area contributed by atoms with Crippen LogP contribution in [0.2, 0.25) is 0 Å². The summed E-state index contributed by atoms with van der Waals surface area (Å²) < 4.78 is 2.11. The Hall–Kier alpha value is -1.56. The van der Waals surface area contributed by atoms with Crippen molar-refractivity contribution in [1.82, 2.24) is 14.5 Å². The van der Waals surface area contributed by atoms with Gasteiger partial charge < -0.3 is 9.67 Å². The summed E-state index contributed by atoms with van der Waals surface area (Å²) in [7, 11) is 0. The molecule has 2 heterocycles. The Morgan fingerprint density at radius 2 is 2.19 bits per heavy atom. The van der Waals surface area contributed by atoms with E-state index in [4.69, 9.17) is 5.11 Å². The summed E-state index contributed by atoms with van der Waals surface area (Å²) in [5.41, 5.74) is 2.00. The maximum atomic E-state index is 10.8. The van der Waals surface area contributed by atoms with Crippen LogP contribution in [0.1, 0.15) is 27.7 Å². The Morgan fingerprint density at radius 1 is 1.48 bits per heavy atom. The number of thioether (sulfide) groups is 1. The monoisotopic (exact) mass is 307 g/mol. The number of aliphatic carboxylic acids is 1. The number of pyridine rings is 1. The first-order valence-corrected chi connectivity index (χ1v) is 7.92. The normalized spacial score (nSPS) is 13.5. The van der Waals surface area contributed by atoms with Gasteiger partial charge in [0.15, 0.2) is 5.16 Å². The first-order valence-electron chi connectivity index (χ1n) is 6.94. The van der Waals surface area contributed by atoms with Crippen molar-refractivity contribution in [3.05, 3.63) is 18.5 Å². The van der Waals surface area contributed by atoms with E-state index < -0.39 is 5.97 Å². The number of fused-ring (bicyclic) bond motifs is 1. The van der Waals surface area contributed by atoms with Crippen molar-refractivity contribution in [3.8, 4) is 0 Å². The lowest BCUT2D eigenvalue weighted by Gasteiger charge is -2.28. The molecule has 21 heavy (non-hydrogen) atoms. The van der Waals surface area contributed by atoms with Gasteiger partial charge in [-0.1, -0.05) is 39.5 Å². The number of carboxylic acids is 1. The average Bonchev–Trinajstić information content (AvgIpc) is 2.73. The fraction of sp³-hybridized carbons (Fsp3) is 0.533. The smallest absolute Gasteiger partial charge is 0.313 e. The Labute approximate surface area is 128 Å². The summed E-state index contributed by atoms with van der Waals surface area (Å²) in [5.74, 6) is -0.381. The van der Waals surface area contributed by atoms with Crippen molar-refractivity contribution in [2.45, 2.75) is 39.4 Å². The van der Waals surface area contributed by atoms with E-state index in [1.54, 1.807) is 12.4 Å². The molecule has 1 atom stereocenters. The lowest BCUT2D eigenvalue weighted by atomic mass is 9.82. The quantitative estimate of drug-likeness (QED) is 0.858. The van der Waals surface area contributed by atoms with Crippen LogP contribution in [0.25, 0.3) is 11.0 Å². The first kappa shape index (κ1) is 15.8. The molecule has 2 rings (SSSR count). The van der Waals surface area contributed by atoms with Crippen LogP contribution in [-0.2, 0) is 11.3 Å². The largest absolute Gasteiger partial charge is 0.481 e. The summed E-state index contributed by atoms with van der Waals surface area (Å²) in [6, 6.07) is 1.93. The van der Waals surface area contributed by atoms with E-state index in [9.17, 15) is 4.79 Å². The number of carbonyl (C=O) groups is 1. The molecular formula is C15H21N3O2S. The molecular weight excluding hydrogens is 286 g/mol. The van der Waals surface area contributed by atoms with Gasteiger partial charge in [-0.3, -0.25) is 9.78 Å². The van der Waals surface area contributed by atoms with E-state index in [1.165, 1.54) is 11.8 Å². The lowest BCUT2D eigenvalue weighted by molar-refractivity contribution is -0.133. The van der Waals surface area contributed by atoms with Crippen molar-refractivity contribution in [3.63, 3.8) is 0 Å². The molecule has 0 radical (unpaired) electrons. The molecule has 0 amide bonds. The number of aromatic nitrogens is 3. The summed E-state index contributed by atoms with van der Waals surface area (Å²) in [6.45, 7) is 9.65. The Balaban J connectivity index is 2.38. The summed E-state index contributed by atoms with van der Waals surface area (Å²) in [6.07, 6.45) is 3.46. The first-order chi connectivity index (χ1) is 9.79. The molecule has 5 nitrogen and oxygen atoms in total. The zero-order chi connectivity index (χ0) is 15.6. The highest BCUT2D eigenvalue weighted by molar-refractivity contribution is 7.99. The van der Waals surface area contributed by atoms with Crippen molar-refractivity contribution in [1.29, 1.82) is 0 Å². The predicted molar refractivity (Wildman–Crippen MR) is 84.5 cm³/mol. The van der Waals surface area contributed by atoms with Crippen molar-refractivity contribution < 1.29 is 9.90 Å². The molecule has 0 spiro atoms. The van der Waals surface area contributed by atoms with Crippen molar-refractivity contribution >= 4 is 28.8 Å². The maximum absolute atomic E-state index is 10.8. The second-order valence-corrected chi connectivity index (χ2v) is 7.26. The Morgan fingerprint density at radius 3 is 2.81 bits per heavy atom. The van der Waals surface area contributed by atoms with Gasteiger partial charge in [0, 0.05) is 12.7 Å². The van der Waals surface area contributed by atoms with Gasteiger partial charge in [-0.05, 0) is 17.4 Å². The standard InChI is InChI=1S/C15H21N3O2S/c1-10(15(2,3)4)8-18-12-5-6-16-7-11(12)17-14(18)21-9-13(19)20/h5-7,10H,8-9H2,1-4H3,(H,19,20). The van der Waals surface area contributed by atoms with Gasteiger partial charge in [0.25, 0.3) is 0 Å². The van der Waals surface area contributed by atoms with Gasteiger partial charge in [-0.2, -0.15) is 0 Å². The third-order valence-electron chi connectivity index (χ3n) is 3.78. The molecule has 0 fully saturated rings. The predicted octanol–water partition coefficient (Wildman–Crippen LogP) is 3.29. The van der Waals surface area contributed by atoms with E-state index in [-0.39, 0.29) is 11.2 Å². The topological polar surface area (TPSA) is 68.0 Å². The van der Waals surface area contributed by atoms with Gasteiger partial charge in [0.2, 0.25) is 0 Å². The Kier molecular flexibility index (Phi) is 4.56. The molecule has 114 valence electrons. The third-order valence-corrected chi connectivity index (χ3v) is 4.74. The zero-order valence-corrected chi connectivity index (χ0v) is 13.6. The van der Waals surface area contributed by atoms with Gasteiger partial charge in [-0.15, -0.1) is 0 Å². The molecule has 2 aromatic rings. The fourth-order valence-corrected chi connectivity index (χ4v) is 2.66. The van der Waals surface area contributed by atoms with Gasteiger partial charge in [0.05, 0.1) is 17.5 Å². The minimum atomic E-state index is -0.833. The molecule has 1 N–H and O–H groups in total. The van der Waals surface area contributed by atoms with Gasteiger partial charge in [0.1, 0.15) is 5.52 Å². The second kappa shape index (κ2) is 6.05. The maximum Gasteiger partial charge on any atom is 0.313 e. The van der Waals surface area contributed by atoms with E-state index in [1.807, 2.05) is 6.07 Å². The molecule has 0 saturated heterocycles. The number of hydrogen-bond donors (Lipinski definition) is 1. The summed E-state index contributed by atoms with van der Waals surface area (Å²) >= 11 is 1.26. The molecule has 0 aliphatic carbocycles. The molecule has 0 aliphatic rings. The van der Waals surface area contributed by atoms with Crippen LogP contribution >= 0.6 is 11.8 Å². The van der Waals surface area contributed by atoms with Crippen LogP contribution in [0, 0.1) is 11.3 Å². The SMILES string of the molecule is CC(Cn1c(SCC(=O)O)nc2cnccc21)C(C)(C)C. The van der Waals surface area contributed by atoms with Crippen molar-refractivity contribution in [2.75, 3.05) is 5.75 Å². The van der Waals surface area contributed by atoms with E-state index >= 15 is 0 Å². The highest BCUT2D eigenvalue weighted by atomic mass is 32.2. The van der Waals surface area contributed by atoms with E-state index in [2.05, 4.69) is 42.2 Å². The molecule has 2 aromatic heterocycles. The molecule has 0 aromatic carbocycles. The number of imidazole rings is 1. The van der Waals surface area contributed by atoms with Crippen LogP contribution in [0.15, 0.2) is 23.6 Å². The molecule has 0 saturated carbocycles. The van der Waals surface area contributed by atoms with E-state index in [0.29, 0.717) is 5.92 Å². The molecule has 6 heteroatoms. The van der Waals surface area contributed by atoms with Gasteiger partial charge >= 0.3 is 5.97 Å². The molecule has 1 unspecified atom stereocenters. The fourth-order valence-electron chi connectivity index (χ4n) is 1.92. The average molecular weight is 307 g/mol. The highest BCUT2D eigenvalue weighted by Crippen LogP contribution is 2.31. The van der Waals surface area contributed by atoms with Crippen LogP contribution in [0.4, 0.5) is 0 Å². The highest BCUT2D eigenvalue weighted by Gasteiger charge is 2.23. The summed E-state index contributed by atoms with van der Waals surface area (Å²) in [4.78, 5) is 19.4. The number of nitrogens with zero attached hydrogens (tertiary/aromatic N) is 3. The minimum absolute atomic E-state index is 0.0145. The molecule has 0 bridgehead atoms. The third kappa shape index (κ3) is 3.75. The molecule has 0 aliphatic heterocycles. The van der Waals surface area contributed by atoms with Crippen LogP contribution in [-0.4, -0.2) is 31.4 Å². The van der Waals surface area contributed by atoms with E-state index in [0.717, 1.165) is 22.7 Å². The van der Waals surface area contributed by atoms with Crippen LogP contribution in [0.3, 0.4) is 0 Å². The number of hydrogen-bond acceptors (Lipinski definition) is 4. The number of carboxylic acid groups (broad SMARTS) is 1. The number of rotatable bonds is 5. The lowest BCUT2D eigenvalue weighted by Crippen LogP contribution is -2.22. The van der Waals surface area contributed by atoms with Crippen LogP contribution < -0.4 is 0 Å². The summed E-state index contributed by atoms with van der Waals surface area (Å²) in [5, 5.41) is 9.63. The minimum Gasteiger partial charge on any atom is -0.481 e. The van der Waals surface area contributed by atoms with Gasteiger partial charge in [-0.25, -0.2) is 4.98 Å².